The summed E-state index contributed by atoms with van der Waals surface area (Å²) in [7, 11) is -2.20. The molecular weight excluding hydrogens is 490 g/mol. The number of methoxy groups -OCH3 is 1. The number of ether oxygens (including phenoxy) is 1. The number of amides is 2. The third-order valence-corrected chi connectivity index (χ3v) is 8.20. The van der Waals surface area contributed by atoms with Crippen LogP contribution in [0.15, 0.2) is 42.5 Å². The van der Waals surface area contributed by atoms with Crippen LogP contribution < -0.4 is 14.4 Å². The number of nitrogens with zero attached hydrogens (tertiary/aromatic N) is 2. The normalized spacial score (nSPS) is 15.1. The second kappa shape index (κ2) is 12.4. The van der Waals surface area contributed by atoms with Gasteiger partial charge in [-0.3, -0.25) is 13.9 Å². The van der Waals surface area contributed by atoms with Gasteiger partial charge in [-0.05, 0) is 74.6 Å². The SMILES string of the molecule is COc1cccc(CN(C(=O)CN(c2ccc(C)c(C)c2)S(C)(=O)=O)[C@H](C)C(=O)NC2CCCCC2)c1. The fraction of sp³-hybridized carbons (Fsp3) is 0.500. The maximum absolute atomic E-state index is 13.7. The number of sulfonamides is 1. The maximum atomic E-state index is 13.7. The van der Waals surface area contributed by atoms with E-state index in [0.717, 1.165) is 52.9 Å². The molecule has 37 heavy (non-hydrogen) atoms. The number of carbonyl (C=O) groups excluding carboxylic acids is 2. The third-order valence-electron chi connectivity index (χ3n) is 7.06. The van der Waals surface area contributed by atoms with Crippen molar-refractivity contribution in [1.82, 2.24) is 10.2 Å². The number of aryl methyl sites for hydroxylation is 2. The lowest BCUT2D eigenvalue weighted by Gasteiger charge is -2.33. The fourth-order valence-electron chi connectivity index (χ4n) is 4.61. The summed E-state index contributed by atoms with van der Waals surface area (Å²) in [6.45, 7) is 5.26. The van der Waals surface area contributed by atoms with Gasteiger partial charge in [-0.2, -0.15) is 0 Å². The van der Waals surface area contributed by atoms with Crippen molar-refractivity contribution < 1.29 is 22.7 Å². The topological polar surface area (TPSA) is 96.0 Å². The first-order chi connectivity index (χ1) is 17.5. The monoisotopic (exact) mass is 529 g/mol. The molecule has 1 saturated carbocycles. The highest BCUT2D eigenvalue weighted by molar-refractivity contribution is 7.92. The summed E-state index contributed by atoms with van der Waals surface area (Å²) in [4.78, 5) is 28.4. The molecule has 0 bridgehead atoms. The number of nitrogens with one attached hydrogen (secondary N) is 1. The predicted molar refractivity (Wildman–Crippen MR) is 146 cm³/mol. The van der Waals surface area contributed by atoms with Crippen LogP contribution in [0, 0.1) is 13.8 Å². The van der Waals surface area contributed by atoms with E-state index in [1.54, 1.807) is 32.2 Å². The van der Waals surface area contributed by atoms with E-state index in [2.05, 4.69) is 5.32 Å². The zero-order valence-corrected chi connectivity index (χ0v) is 23.3. The van der Waals surface area contributed by atoms with Crippen LogP contribution in [0.4, 0.5) is 5.69 Å². The highest BCUT2D eigenvalue weighted by Gasteiger charge is 2.31. The molecule has 0 unspecified atom stereocenters. The lowest BCUT2D eigenvalue weighted by Crippen LogP contribution is -2.53. The Kier molecular flexibility index (Phi) is 9.59. The molecule has 0 aliphatic heterocycles. The van der Waals surface area contributed by atoms with Crippen molar-refractivity contribution in [3.05, 3.63) is 59.2 Å². The van der Waals surface area contributed by atoms with Crippen molar-refractivity contribution in [2.24, 2.45) is 0 Å². The van der Waals surface area contributed by atoms with Crippen LogP contribution in [0.5, 0.6) is 5.75 Å². The molecule has 2 aromatic rings. The Morgan fingerprint density at radius 1 is 1.05 bits per heavy atom. The summed E-state index contributed by atoms with van der Waals surface area (Å²) in [5.74, 6) is -0.0601. The van der Waals surface area contributed by atoms with Gasteiger partial charge in [0.05, 0.1) is 19.1 Å². The highest BCUT2D eigenvalue weighted by Crippen LogP contribution is 2.23. The fourth-order valence-corrected chi connectivity index (χ4v) is 5.45. The van der Waals surface area contributed by atoms with E-state index in [-0.39, 0.29) is 18.5 Å². The molecule has 2 amide bonds. The lowest BCUT2D eigenvalue weighted by atomic mass is 9.95. The Hall–Kier alpha value is -3.07. The summed E-state index contributed by atoms with van der Waals surface area (Å²) < 4.78 is 31.9. The smallest absolute Gasteiger partial charge is 0.244 e. The molecule has 1 N–H and O–H groups in total. The van der Waals surface area contributed by atoms with Crippen LogP contribution in [-0.4, -0.2) is 57.1 Å². The molecule has 8 nitrogen and oxygen atoms in total. The molecule has 9 heteroatoms. The zero-order valence-electron chi connectivity index (χ0n) is 22.5. The molecule has 1 atom stereocenters. The number of carbonyl (C=O) groups is 2. The molecule has 0 aromatic heterocycles. The molecule has 0 saturated heterocycles. The van der Waals surface area contributed by atoms with Crippen molar-refractivity contribution in [3.63, 3.8) is 0 Å². The minimum atomic E-state index is -3.76. The van der Waals surface area contributed by atoms with Gasteiger partial charge in [0.15, 0.2) is 0 Å². The van der Waals surface area contributed by atoms with E-state index >= 15 is 0 Å². The molecule has 0 heterocycles. The molecule has 0 radical (unpaired) electrons. The van der Waals surface area contributed by atoms with Crippen molar-refractivity contribution in [2.75, 3.05) is 24.2 Å². The number of hydrogen-bond donors (Lipinski definition) is 1. The molecule has 1 aliphatic rings. The lowest BCUT2D eigenvalue weighted by molar-refractivity contribution is -0.139. The predicted octanol–water partition coefficient (Wildman–Crippen LogP) is 3.94. The highest BCUT2D eigenvalue weighted by atomic mass is 32.2. The minimum absolute atomic E-state index is 0.0977. The van der Waals surface area contributed by atoms with Crippen LogP contribution in [-0.2, 0) is 26.2 Å². The van der Waals surface area contributed by atoms with Gasteiger partial charge < -0.3 is 15.0 Å². The third kappa shape index (κ3) is 7.71. The van der Waals surface area contributed by atoms with E-state index in [1.165, 1.54) is 11.3 Å². The number of benzene rings is 2. The van der Waals surface area contributed by atoms with E-state index in [9.17, 15) is 18.0 Å². The summed E-state index contributed by atoms with van der Waals surface area (Å²) >= 11 is 0. The van der Waals surface area contributed by atoms with Crippen LogP contribution in [0.2, 0.25) is 0 Å². The first kappa shape index (κ1) is 28.5. The molecule has 202 valence electrons. The van der Waals surface area contributed by atoms with Gasteiger partial charge in [-0.1, -0.05) is 37.5 Å². The van der Waals surface area contributed by atoms with Gasteiger partial charge in [0.25, 0.3) is 0 Å². The minimum Gasteiger partial charge on any atom is -0.497 e. The zero-order chi connectivity index (χ0) is 27.2. The summed E-state index contributed by atoms with van der Waals surface area (Å²) in [5.41, 5.74) is 3.14. The average Bonchev–Trinajstić information content (AvgIpc) is 2.87. The largest absolute Gasteiger partial charge is 0.497 e. The molecule has 2 aromatic carbocycles. The Bertz CT molecular complexity index is 1210. The second-order valence-corrected chi connectivity index (χ2v) is 11.8. The Morgan fingerprint density at radius 3 is 2.38 bits per heavy atom. The first-order valence-corrected chi connectivity index (χ1v) is 14.6. The van der Waals surface area contributed by atoms with E-state index in [4.69, 9.17) is 4.74 Å². The average molecular weight is 530 g/mol. The Morgan fingerprint density at radius 2 is 1.76 bits per heavy atom. The number of rotatable bonds is 10. The molecule has 0 spiro atoms. The van der Waals surface area contributed by atoms with Gasteiger partial charge in [-0.15, -0.1) is 0 Å². The van der Waals surface area contributed by atoms with Crippen molar-refractivity contribution >= 4 is 27.5 Å². The number of anilines is 1. The summed E-state index contributed by atoms with van der Waals surface area (Å²) in [5, 5.41) is 3.10. The van der Waals surface area contributed by atoms with E-state index < -0.39 is 28.5 Å². The van der Waals surface area contributed by atoms with Gasteiger partial charge >= 0.3 is 0 Å². The molecule has 1 aliphatic carbocycles. The van der Waals surface area contributed by atoms with Gasteiger partial charge in [0, 0.05) is 12.6 Å². The van der Waals surface area contributed by atoms with Crippen molar-refractivity contribution in [1.29, 1.82) is 0 Å². The quantitative estimate of drug-likeness (QED) is 0.503. The van der Waals surface area contributed by atoms with Crippen LogP contribution in [0.3, 0.4) is 0 Å². The Labute approximate surface area is 221 Å². The number of hydrogen-bond acceptors (Lipinski definition) is 5. The van der Waals surface area contributed by atoms with E-state index in [0.29, 0.717) is 11.4 Å². The van der Waals surface area contributed by atoms with Crippen molar-refractivity contribution in [2.45, 2.75) is 71.5 Å². The van der Waals surface area contributed by atoms with Crippen LogP contribution in [0.1, 0.15) is 55.7 Å². The van der Waals surface area contributed by atoms with Crippen molar-refractivity contribution in [3.8, 4) is 5.75 Å². The first-order valence-electron chi connectivity index (χ1n) is 12.8. The second-order valence-electron chi connectivity index (χ2n) is 9.93. The van der Waals surface area contributed by atoms with Gasteiger partial charge in [0.1, 0.15) is 18.3 Å². The summed E-state index contributed by atoms with van der Waals surface area (Å²) in [6, 6.07) is 11.9. The van der Waals surface area contributed by atoms with E-state index in [1.807, 2.05) is 38.1 Å². The standard InChI is InChI=1S/C28H39N3O5S/c1-20-14-15-25(16-21(20)2)31(37(5,34)35)19-27(32)30(18-23-10-9-13-26(17-23)36-4)22(3)28(33)29-24-11-7-6-8-12-24/h9-10,13-17,22,24H,6-8,11-12,18-19H2,1-5H3,(H,29,33)/t22-/m1/s1. The molecule has 1 fully saturated rings. The van der Waals surface area contributed by atoms with Crippen LogP contribution >= 0.6 is 0 Å². The maximum Gasteiger partial charge on any atom is 0.244 e. The Balaban J connectivity index is 1.89. The molecule has 3 rings (SSSR count). The molecular formula is C28H39N3O5S. The van der Waals surface area contributed by atoms with Gasteiger partial charge in [0.2, 0.25) is 21.8 Å². The van der Waals surface area contributed by atoms with Gasteiger partial charge in [-0.25, -0.2) is 8.42 Å². The summed E-state index contributed by atoms with van der Waals surface area (Å²) in [6.07, 6.45) is 6.26. The van der Waals surface area contributed by atoms with Crippen LogP contribution in [0.25, 0.3) is 0 Å².